The van der Waals surface area contributed by atoms with Crippen molar-refractivity contribution in [2.24, 2.45) is 0 Å². The maximum absolute atomic E-state index is 12.4. The molecule has 0 saturated carbocycles. The largest absolute Gasteiger partial charge is 0.368 e. The fraction of sp³-hybridized carbons (Fsp3) is 0.312. The third-order valence-electron chi connectivity index (χ3n) is 3.89. The molecule has 112 valence electrons. The van der Waals surface area contributed by atoms with Gasteiger partial charge in [0.05, 0.1) is 6.54 Å². The number of rotatable bonds is 3. The van der Waals surface area contributed by atoms with Gasteiger partial charge in [0.1, 0.15) is 6.10 Å². The summed E-state index contributed by atoms with van der Waals surface area (Å²) in [5.41, 5.74) is -0.0541. The van der Waals surface area contributed by atoms with Crippen molar-refractivity contribution in [2.75, 3.05) is 6.61 Å². The van der Waals surface area contributed by atoms with E-state index in [-0.39, 0.29) is 11.7 Å². The molecule has 3 heterocycles. The summed E-state index contributed by atoms with van der Waals surface area (Å²) in [5.74, 6) is 0.990. The topological polar surface area (TPSA) is 70.2 Å². The number of benzene rings is 1. The van der Waals surface area contributed by atoms with Gasteiger partial charge >= 0.3 is 0 Å². The highest BCUT2D eigenvalue weighted by atomic mass is 16.5. The van der Waals surface area contributed by atoms with Gasteiger partial charge in [-0.25, -0.2) is 0 Å². The molecule has 0 unspecified atom stereocenters. The minimum Gasteiger partial charge on any atom is -0.368 e. The lowest BCUT2D eigenvalue weighted by molar-refractivity contribution is 0.0835. The van der Waals surface area contributed by atoms with Crippen LogP contribution in [0, 0.1) is 0 Å². The highest BCUT2D eigenvalue weighted by Crippen LogP contribution is 2.26. The first-order valence-electron chi connectivity index (χ1n) is 7.33. The van der Waals surface area contributed by atoms with Gasteiger partial charge in [-0.15, -0.1) is 0 Å². The summed E-state index contributed by atoms with van der Waals surface area (Å²) in [6.07, 6.45) is 3.56. The van der Waals surface area contributed by atoms with E-state index < -0.39 is 0 Å². The summed E-state index contributed by atoms with van der Waals surface area (Å²) >= 11 is 0. The number of hydrogen-bond donors (Lipinski definition) is 0. The molecular formula is C16H15N3O3. The van der Waals surface area contributed by atoms with E-state index in [1.807, 2.05) is 30.3 Å². The van der Waals surface area contributed by atoms with Crippen LogP contribution >= 0.6 is 0 Å². The quantitative estimate of drug-likeness (QED) is 0.741. The van der Waals surface area contributed by atoms with Gasteiger partial charge in [-0.3, -0.25) is 4.79 Å². The lowest BCUT2D eigenvalue weighted by Crippen LogP contribution is -2.20. The van der Waals surface area contributed by atoms with Crippen LogP contribution in [0.15, 0.2) is 45.8 Å². The van der Waals surface area contributed by atoms with E-state index >= 15 is 0 Å². The van der Waals surface area contributed by atoms with Gasteiger partial charge in [0.15, 0.2) is 5.82 Å². The van der Waals surface area contributed by atoms with Crippen LogP contribution in [0.4, 0.5) is 0 Å². The number of pyridine rings is 1. The molecule has 1 aliphatic heterocycles. The van der Waals surface area contributed by atoms with E-state index in [2.05, 4.69) is 10.1 Å². The van der Waals surface area contributed by atoms with E-state index in [1.165, 1.54) is 0 Å². The van der Waals surface area contributed by atoms with Gasteiger partial charge in [-0.05, 0) is 30.4 Å². The maximum atomic E-state index is 12.4. The lowest BCUT2D eigenvalue weighted by atomic mass is 10.2. The molecule has 1 fully saturated rings. The molecule has 0 N–H and O–H groups in total. The Hall–Kier alpha value is -2.47. The number of ether oxygens (including phenoxy) is 1. The Balaban J connectivity index is 1.63. The van der Waals surface area contributed by atoms with Crippen LogP contribution in [-0.2, 0) is 11.3 Å². The van der Waals surface area contributed by atoms with Crippen LogP contribution in [0.1, 0.15) is 30.7 Å². The molecule has 1 atom stereocenters. The van der Waals surface area contributed by atoms with E-state index in [9.17, 15) is 4.79 Å². The van der Waals surface area contributed by atoms with Gasteiger partial charge in [-0.1, -0.05) is 23.4 Å². The minimum absolute atomic E-state index is 0.0541. The molecule has 4 rings (SSSR count). The first-order chi connectivity index (χ1) is 10.8. The van der Waals surface area contributed by atoms with Crippen molar-refractivity contribution < 1.29 is 9.26 Å². The smallest absolute Gasteiger partial charge is 0.258 e. The molecule has 0 spiro atoms. The minimum atomic E-state index is -0.102. The van der Waals surface area contributed by atoms with E-state index in [0.717, 1.165) is 24.8 Å². The fourth-order valence-corrected chi connectivity index (χ4v) is 2.74. The van der Waals surface area contributed by atoms with Crippen LogP contribution in [0.25, 0.3) is 10.8 Å². The summed E-state index contributed by atoms with van der Waals surface area (Å²) < 4.78 is 12.4. The number of nitrogens with zero attached hydrogens (tertiary/aromatic N) is 3. The second kappa shape index (κ2) is 5.38. The Bertz CT molecular complexity index is 862. The Kier molecular flexibility index (Phi) is 3.23. The first kappa shape index (κ1) is 13.2. The van der Waals surface area contributed by atoms with Crippen molar-refractivity contribution in [3.8, 4) is 0 Å². The zero-order valence-electron chi connectivity index (χ0n) is 11.9. The Morgan fingerprint density at radius 2 is 2.18 bits per heavy atom. The summed E-state index contributed by atoms with van der Waals surface area (Å²) in [7, 11) is 0. The molecule has 0 aliphatic carbocycles. The third-order valence-corrected chi connectivity index (χ3v) is 3.89. The molecule has 22 heavy (non-hydrogen) atoms. The van der Waals surface area contributed by atoms with Gasteiger partial charge < -0.3 is 13.8 Å². The second-order valence-corrected chi connectivity index (χ2v) is 5.39. The predicted molar refractivity (Wildman–Crippen MR) is 79.5 cm³/mol. The molecule has 6 nitrogen and oxygen atoms in total. The summed E-state index contributed by atoms with van der Waals surface area (Å²) in [6, 6.07) is 9.43. The first-order valence-corrected chi connectivity index (χ1v) is 7.33. The standard InChI is InChI=1S/C16H15N3O3/c20-16-12-5-2-1-4-11(12)7-8-19(16)10-14-17-15(22-18-14)13-6-3-9-21-13/h1-2,4-5,7-8,13H,3,6,9-10H2/t13-/m1/s1. The molecule has 0 bridgehead atoms. The number of fused-ring (bicyclic) bond motifs is 1. The fourth-order valence-electron chi connectivity index (χ4n) is 2.74. The number of aromatic nitrogens is 3. The zero-order valence-corrected chi connectivity index (χ0v) is 11.9. The Morgan fingerprint density at radius 1 is 1.27 bits per heavy atom. The van der Waals surface area contributed by atoms with Crippen molar-refractivity contribution in [3.05, 3.63) is 58.6 Å². The molecule has 6 heteroatoms. The molecule has 1 saturated heterocycles. The van der Waals surface area contributed by atoms with Gasteiger partial charge in [0.2, 0.25) is 0 Å². The molecule has 1 aromatic carbocycles. The van der Waals surface area contributed by atoms with Crippen molar-refractivity contribution >= 4 is 10.8 Å². The van der Waals surface area contributed by atoms with Crippen molar-refractivity contribution in [2.45, 2.75) is 25.5 Å². The SMILES string of the molecule is O=c1c2ccccc2ccn1Cc1noc([C@H]2CCCO2)n1. The third kappa shape index (κ3) is 2.31. The summed E-state index contributed by atoms with van der Waals surface area (Å²) in [5, 5.41) is 5.57. The van der Waals surface area contributed by atoms with Crippen molar-refractivity contribution in [1.29, 1.82) is 0 Å². The average molecular weight is 297 g/mol. The van der Waals surface area contributed by atoms with Gasteiger partial charge in [0.25, 0.3) is 11.4 Å². The maximum Gasteiger partial charge on any atom is 0.258 e. The highest BCUT2D eigenvalue weighted by molar-refractivity contribution is 5.81. The van der Waals surface area contributed by atoms with E-state index in [0.29, 0.717) is 23.6 Å². The molecule has 2 aromatic heterocycles. The average Bonchev–Trinajstić information content (AvgIpc) is 3.21. The lowest BCUT2D eigenvalue weighted by Gasteiger charge is -2.04. The van der Waals surface area contributed by atoms with Crippen LogP contribution in [-0.4, -0.2) is 21.3 Å². The van der Waals surface area contributed by atoms with Crippen LogP contribution < -0.4 is 5.56 Å². The summed E-state index contributed by atoms with van der Waals surface area (Å²) in [6.45, 7) is 1.02. The predicted octanol–water partition coefficient (Wildman–Crippen LogP) is 2.28. The van der Waals surface area contributed by atoms with Crippen LogP contribution in [0.3, 0.4) is 0 Å². The molecule has 1 aliphatic rings. The van der Waals surface area contributed by atoms with E-state index in [1.54, 1.807) is 10.8 Å². The molecule has 0 radical (unpaired) electrons. The Morgan fingerprint density at radius 3 is 3.05 bits per heavy atom. The van der Waals surface area contributed by atoms with Gasteiger partial charge in [-0.2, -0.15) is 4.98 Å². The van der Waals surface area contributed by atoms with Crippen molar-refractivity contribution in [3.63, 3.8) is 0 Å². The summed E-state index contributed by atoms with van der Waals surface area (Å²) in [4.78, 5) is 16.8. The zero-order chi connectivity index (χ0) is 14.9. The van der Waals surface area contributed by atoms with Crippen LogP contribution in [0.2, 0.25) is 0 Å². The number of hydrogen-bond acceptors (Lipinski definition) is 5. The monoisotopic (exact) mass is 297 g/mol. The molecule has 3 aromatic rings. The normalized spacial score (nSPS) is 18.1. The molecular weight excluding hydrogens is 282 g/mol. The van der Waals surface area contributed by atoms with Crippen LogP contribution in [0.5, 0.6) is 0 Å². The van der Waals surface area contributed by atoms with E-state index in [4.69, 9.17) is 9.26 Å². The van der Waals surface area contributed by atoms with Gasteiger partial charge in [0, 0.05) is 18.2 Å². The Labute approximate surface area is 126 Å². The highest BCUT2D eigenvalue weighted by Gasteiger charge is 2.23. The molecule has 0 amide bonds. The second-order valence-electron chi connectivity index (χ2n) is 5.39. The van der Waals surface area contributed by atoms with Crippen molar-refractivity contribution in [1.82, 2.24) is 14.7 Å².